The minimum absolute atomic E-state index is 0.604. The maximum atomic E-state index is 3.51. The average molecular weight is 252 g/mol. The van der Waals surface area contributed by atoms with Gasteiger partial charge in [0.15, 0.2) is 0 Å². The maximum Gasteiger partial charge on any atom is 0.0247 e. The molecule has 0 aliphatic carbocycles. The molecule has 1 atom stereocenters. The van der Waals surface area contributed by atoms with Crippen molar-refractivity contribution in [1.82, 2.24) is 10.2 Å². The summed E-state index contributed by atoms with van der Waals surface area (Å²) in [6.07, 6.45) is 2.49. The molecule has 0 amide bonds. The van der Waals surface area contributed by atoms with E-state index in [1.165, 1.54) is 19.4 Å². The fraction of sp³-hybridized carbons (Fsp3) is 0.714. The Bertz CT molecular complexity index is 346. The molecule has 2 nitrogen and oxygen atoms in total. The third-order valence-corrected chi connectivity index (χ3v) is 4.60. The normalized spacial score (nSPS) is 18.4. The van der Waals surface area contributed by atoms with Crippen molar-refractivity contribution < 1.29 is 0 Å². The first-order valence-corrected chi connectivity index (χ1v) is 7.57. The summed E-state index contributed by atoms with van der Waals surface area (Å²) >= 11 is 1.92. The summed E-state index contributed by atoms with van der Waals surface area (Å²) in [5.74, 6) is 0. The van der Waals surface area contributed by atoms with Gasteiger partial charge in [0.25, 0.3) is 0 Å². The zero-order valence-corrected chi connectivity index (χ0v) is 12.0. The van der Waals surface area contributed by atoms with E-state index in [1.807, 2.05) is 11.3 Å². The molecule has 2 rings (SSSR count). The van der Waals surface area contributed by atoms with Crippen LogP contribution in [0.5, 0.6) is 0 Å². The minimum Gasteiger partial charge on any atom is -0.314 e. The molecular weight excluding hydrogens is 228 g/mol. The van der Waals surface area contributed by atoms with Gasteiger partial charge in [0.1, 0.15) is 0 Å². The van der Waals surface area contributed by atoms with Gasteiger partial charge in [-0.2, -0.15) is 0 Å². The molecule has 1 aliphatic rings. The molecule has 0 saturated heterocycles. The second-order valence-corrected chi connectivity index (χ2v) is 6.34. The van der Waals surface area contributed by atoms with Crippen LogP contribution in [0.15, 0.2) is 11.4 Å². The molecule has 0 radical (unpaired) electrons. The largest absolute Gasteiger partial charge is 0.314 e. The topological polar surface area (TPSA) is 15.3 Å². The zero-order chi connectivity index (χ0) is 12.3. The highest BCUT2D eigenvalue weighted by molar-refractivity contribution is 7.10. The third kappa shape index (κ3) is 3.54. The summed E-state index contributed by atoms with van der Waals surface area (Å²) in [6, 6.07) is 3.59. The monoisotopic (exact) mass is 252 g/mol. The molecule has 3 heteroatoms. The molecule has 0 bridgehead atoms. The van der Waals surface area contributed by atoms with Crippen LogP contribution < -0.4 is 5.32 Å². The summed E-state index contributed by atoms with van der Waals surface area (Å²) in [6.45, 7) is 10.3. The Morgan fingerprint density at radius 2 is 2.24 bits per heavy atom. The molecule has 0 aromatic carbocycles. The number of rotatable bonds is 5. The zero-order valence-electron chi connectivity index (χ0n) is 11.2. The van der Waals surface area contributed by atoms with Crippen LogP contribution >= 0.6 is 11.3 Å². The summed E-state index contributed by atoms with van der Waals surface area (Å²) in [4.78, 5) is 4.23. The van der Waals surface area contributed by atoms with Crippen molar-refractivity contribution in [3.8, 4) is 0 Å². The highest BCUT2D eigenvalue weighted by Gasteiger charge is 2.20. The van der Waals surface area contributed by atoms with Crippen LogP contribution in [0.25, 0.3) is 0 Å². The number of thiophene rings is 1. The van der Waals surface area contributed by atoms with Crippen LogP contribution in [0, 0.1) is 0 Å². The van der Waals surface area contributed by atoms with Gasteiger partial charge in [-0.25, -0.2) is 0 Å². The standard InChI is InChI=1S/C14H24N2S/c1-11(2)15-7-4-12(3)16-8-5-14-13(10-16)6-9-17-14/h6,9,11-12,15H,4-5,7-8,10H2,1-3H3. The van der Waals surface area contributed by atoms with Crippen LogP contribution in [-0.2, 0) is 13.0 Å². The van der Waals surface area contributed by atoms with Gasteiger partial charge in [-0.05, 0) is 43.3 Å². The quantitative estimate of drug-likeness (QED) is 0.867. The molecule has 0 saturated carbocycles. The first-order chi connectivity index (χ1) is 8.16. The Hall–Kier alpha value is -0.380. The second-order valence-electron chi connectivity index (χ2n) is 5.34. The lowest BCUT2D eigenvalue weighted by atomic mass is 10.1. The van der Waals surface area contributed by atoms with E-state index in [0.717, 1.165) is 13.1 Å². The molecule has 0 spiro atoms. The fourth-order valence-corrected chi connectivity index (χ4v) is 3.30. The molecule has 96 valence electrons. The van der Waals surface area contributed by atoms with E-state index in [-0.39, 0.29) is 0 Å². The second kappa shape index (κ2) is 5.98. The van der Waals surface area contributed by atoms with Gasteiger partial charge in [-0.1, -0.05) is 13.8 Å². The van der Waals surface area contributed by atoms with Gasteiger partial charge in [0, 0.05) is 30.1 Å². The van der Waals surface area contributed by atoms with E-state index in [1.54, 1.807) is 10.4 Å². The molecule has 1 aromatic rings. The molecule has 1 unspecified atom stereocenters. The first kappa shape index (κ1) is 13.1. The van der Waals surface area contributed by atoms with Crippen molar-refractivity contribution in [2.75, 3.05) is 13.1 Å². The highest BCUT2D eigenvalue weighted by atomic mass is 32.1. The Morgan fingerprint density at radius 3 is 3.00 bits per heavy atom. The van der Waals surface area contributed by atoms with Gasteiger partial charge < -0.3 is 5.32 Å². The molecular formula is C14H24N2S. The van der Waals surface area contributed by atoms with Gasteiger partial charge in [-0.15, -0.1) is 11.3 Å². The van der Waals surface area contributed by atoms with E-state index >= 15 is 0 Å². The molecule has 1 aromatic heterocycles. The first-order valence-electron chi connectivity index (χ1n) is 6.69. The van der Waals surface area contributed by atoms with Crippen molar-refractivity contribution in [1.29, 1.82) is 0 Å². The maximum absolute atomic E-state index is 3.51. The van der Waals surface area contributed by atoms with E-state index in [2.05, 4.69) is 42.4 Å². The summed E-state index contributed by atoms with van der Waals surface area (Å²) < 4.78 is 0. The number of fused-ring (bicyclic) bond motifs is 1. The average Bonchev–Trinajstić information content (AvgIpc) is 2.75. The summed E-state index contributed by atoms with van der Waals surface area (Å²) in [5, 5.41) is 5.74. The predicted octanol–water partition coefficient (Wildman–Crippen LogP) is 2.88. The minimum atomic E-state index is 0.604. The van der Waals surface area contributed by atoms with Crippen molar-refractivity contribution in [3.63, 3.8) is 0 Å². The molecule has 1 N–H and O–H groups in total. The van der Waals surface area contributed by atoms with Crippen LogP contribution in [0.2, 0.25) is 0 Å². The molecule has 1 aliphatic heterocycles. The number of nitrogens with one attached hydrogen (secondary N) is 1. The van der Waals surface area contributed by atoms with E-state index in [0.29, 0.717) is 12.1 Å². The van der Waals surface area contributed by atoms with Crippen LogP contribution in [0.3, 0.4) is 0 Å². The van der Waals surface area contributed by atoms with Crippen molar-refractivity contribution in [2.24, 2.45) is 0 Å². The summed E-state index contributed by atoms with van der Waals surface area (Å²) in [7, 11) is 0. The lowest BCUT2D eigenvalue weighted by Crippen LogP contribution is -2.39. The fourth-order valence-electron chi connectivity index (χ4n) is 2.41. The number of hydrogen-bond donors (Lipinski definition) is 1. The van der Waals surface area contributed by atoms with E-state index in [4.69, 9.17) is 0 Å². The Labute approximate surface area is 109 Å². The van der Waals surface area contributed by atoms with Crippen molar-refractivity contribution in [3.05, 3.63) is 21.9 Å². The molecule has 0 fully saturated rings. The highest BCUT2D eigenvalue weighted by Crippen LogP contribution is 2.25. The van der Waals surface area contributed by atoms with E-state index in [9.17, 15) is 0 Å². The lowest BCUT2D eigenvalue weighted by molar-refractivity contribution is 0.182. The Balaban J connectivity index is 1.79. The Morgan fingerprint density at radius 1 is 1.41 bits per heavy atom. The van der Waals surface area contributed by atoms with Gasteiger partial charge in [0.2, 0.25) is 0 Å². The van der Waals surface area contributed by atoms with Crippen LogP contribution in [0.4, 0.5) is 0 Å². The predicted molar refractivity (Wildman–Crippen MR) is 75.7 cm³/mol. The summed E-state index contributed by atoms with van der Waals surface area (Å²) in [5.41, 5.74) is 1.56. The SMILES string of the molecule is CC(C)NCCC(C)N1CCc2sccc2C1. The van der Waals surface area contributed by atoms with Crippen molar-refractivity contribution in [2.45, 2.75) is 52.2 Å². The van der Waals surface area contributed by atoms with Crippen LogP contribution in [0.1, 0.15) is 37.6 Å². The van der Waals surface area contributed by atoms with Gasteiger partial charge >= 0.3 is 0 Å². The van der Waals surface area contributed by atoms with E-state index < -0.39 is 0 Å². The van der Waals surface area contributed by atoms with Gasteiger partial charge in [0.05, 0.1) is 0 Å². The van der Waals surface area contributed by atoms with Gasteiger partial charge in [-0.3, -0.25) is 4.90 Å². The van der Waals surface area contributed by atoms with Crippen LogP contribution in [-0.4, -0.2) is 30.1 Å². The molecule has 2 heterocycles. The number of hydrogen-bond acceptors (Lipinski definition) is 3. The third-order valence-electron chi connectivity index (χ3n) is 3.58. The Kier molecular flexibility index (Phi) is 4.60. The smallest absolute Gasteiger partial charge is 0.0247 e. The lowest BCUT2D eigenvalue weighted by Gasteiger charge is -2.32. The van der Waals surface area contributed by atoms with Crippen molar-refractivity contribution >= 4 is 11.3 Å². The molecule has 17 heavy (non-hydrogen) atoms. The number of nitrogens with zero attached hydrogens (tertiary/aromatic N) is 1.